The third-order valence-corrected chi connectivity index (χ3v) is 3.25. The van der Waals surface area contributed by atoms with Gasteiger partial charge in [-0.05, 0) is 57.0 Å². The van der Waals surface area contributed by atoms with Crippen LogP contribution >= 0.6 is 0 Å². The van der Waals surface area contributed by atoms with E-state index in [2.05, 4.69) is 25.2 Å². The average molecular weight is 235 g/mol. The lowest BCUT2D eigenvalue weighted by molar-refractivity contribution is 0.0844. The van der Waals surface area contributed by atoms with Gasteiger partial charge >= 0.3 is 0 Å². The lowest BCUT2D eigenvalue weighted by atomic mass is 9.92. The normalized spacial score (nSPS) is 19.3. The van der Waals surface area contributed by atoms with E-state index in [1.165, 1.54) is 5.56 Å². The number of rotatable bonds is 3. The Kier molecular flexibility index (Phi) is 3.40. The molecule has 1 aromatic rings. The number of likely N-dealkylation sites (N-methyl/N-ethyl adjacent to an activating group) is 1. The number of hydrogen-bond acceptors (Lipinski definition) is 3. The van der Waals surface area contributed by atoms with Gasteiger partial charge < -0.3 is 15.2 Å². The molecule has 2 rings (SSSR count). The zero-order chi connectivity index (χ0) is 12.5. The molecule has 0 aromatic heterocycles. The van der Waals surface area contributed by atoms with Crippen LogP contribution in [0.25, 0.3) is 0 Å². The SMILES string of the molecule is CNCC(O)c1ccc2c(c1)CCC(C)(C)O2. The van der Waals surface area contributed by atoms with Crippen LogP contribution in [0.5, 0.6) is 5.75 Å². The molecular weight excluding hydrogens is 214 g/mol. The maximum atomic E-state index is 9.92. The maximum Gasteiger partial charge on any atom is 0.123 e. The molecule has 0 bridgehead atoms. The predicted octanol–water partition coefficient (Wildman–Crippen LogP) is 2.04. The molecule has 0 radical (unpaired) electrons. The van der Waals surface area contributed by atoms with E-state index in [9.17, 15) is 5.11 Å². The van der Waals surface area contributed by atoms with Gasteiger partial charge in [-0.15, -0.1) is 0 Å². The molecule has 0 spiro atoms. The van der Waals surface area contributed by atoms with Gasteiger partial charge in [0.1, 0.15) is 11.4 Å². The van der Waals surface area contributed by atoms with Crippen molar-refractivity contribution in [1.82, 2.24) is 5.32 Å². The van der Waals surface area contributed by atoms with E-state index >= 15 is 0 Å². The quantitative estimate of drug-likeness (QED) is 0.842. The highest BCUT2D eigenvalue weighted by molar-refractivity contribution is 5.40. The van der Waals surface area contributed by atoms with Crippen LogP contribution in [0.15, 0.2) is 18.2 Å². The van der Waals surface area contributed by atoms with Crippen molar-refractivity contribution in [1.29, 1.82) is 0 Å². The van der Waals surface area contributed by atoms with Crippen LogP contribution < -0.4 is 10.1 Å². The second-order valence-corrected chi connectivity index (χ2v) is 5.30. The first-order chi connectivity index (χ1) is 8.02. The lowest BCUT2D eigenvalue weighted by Crippen LogP contribution is -2.32. The minimum atomic E-state index is -0.444. The van der Waals surface area contributed by atoms with Gasteiger partial charge in [0.15, 0.2) is 0 Å². The number of benzene rings is 1. The van der Waals surface area contributed by atoms with Crippen molar-refractivity contribution < 1.29 is 9.84 Å². The number of fused-ring (bicyclic) bond motifs is 1. The molecule has 3 nitrogen and oxygen atoms in total. The number of aryl methyl sites for hydroxylation is 1. The summed E-state index contributed by atoms with van der Waals surface area (Å²) in [5.41, 5.74) is 2.09. The summed E-state index contributed by atoms with van der Waals surface area (Å²) in [6.45, 7) is 4.80. The molecule has 1 unspecified atom stereocenters. The van der Waals surface area contributed by atoms with Crippen LogP contribution in [-0.4, -0.2) is 24.3 Å². The summed E-state index contributed by atoms with van der Waals surface area (Å²) in [6, 6.07) is 5.99. The fraction of sp³-hybridized carbons (Fsp3) is 0.571. The largest absolute Gasteiger partial charge is 0.488 e. The first-order valence-electron chi connectivity index (χ1n) is 6.16. The summed E-state index contributed by atoms with van der Waals surface area (Å²) in [5.74, 6) is 0.960. The topological polar surface area (TPSA) is 41.5 Å². The second-order valence-electron chi connectivity index (χ2n) is 5.30. The molecule has 17 heavy (non-hydrogen) atoms. The van der Waals surface area contributed by atoms with Crippen LogP contribution in [0.3, 0.4) is 0 Å². The second kappa shape index (κ2) is 4.67. The number of aliphatic hydroxyl groups excluding tert-OH is 1. The van der Waals surface area contributed by atoms with Gasteiger partial charge in [-0.25, -0.2) is 0 Å². The van der Waals surface area contributed by atoms with Crippen molar-refractivity contribution in [2.45, 2.75) is 38.4 Å². The van der Waals surface area contributed by atoms with E-state index in [0.717, 1.165) is 24.2 Å². The number of ether oxygens (including phenoxy) is 1. The Labute approximate surface area is 103 Å². The van der Waals surface area contributed by atoms with Gasteiger partial charge in [0, 0.05) is 6.54 Å². The molecule has 1 heterocycles. The molecule has 1 aliphatic heterocycles. The summed E-state index contributed by atoms with van der Waals surface area (Å²) in [5, 5.41) is 12.9. The van der Waals surface area contributed by atoms with Crippen LogP contribution in [0, 0.1) is 0 Å². The van der Waals surface area contributed by atoms with Gasteiger partial charge in [0.2, 0.25) is 0 Å². The van der Waals surface area contributed by atoms with E-state index in [1.807, 2.05) is 19.2 Å². The highest BCUT2D eigenvalue weighted by Gasteiger charge is 2.26. The third kappa shape index (κ3) is 2.79. The van der Waals surface area contributed by atoms with Crippen LogP contribution in [-0.2, 0) is 6.42 Å². The summed E-state index contributed by atoms with van der Waals surface area (Å²) in [4.78, 5) is 0. The Morgan fingerprint density at radius 2 is 2.24 bits per heavy atom. The zero-order valence-corrected chi connectivity index (χ0v) is 10.8. The van der Waals surface area contributed by atoms with Crippen molar-refractivity contribution in [3.63, 3.8) is 0 Å². The molecule has 0 aliphatic carbocycles. The van der Waals surface area contributed by atoms with E-state index in [1.54, 1.807) is 0 Å². The fourth-order valence-electron chi connectivity index (χ4n) is 2.20. The summed E-state index contributed by atoms with van der Waals surface area (Å²) in [7, 11) is 1.84. The maximum absolute atomic E-state index is 9.92. The summed E-state index contributed by atoms with van der Waals surface area (Å²) in [6.07, 6.45) is 1.59. The molecule has 0 saturated carbocycles. The molecule has 94 valence electrons. The van der Waals surface area contributed by atoms with Gasteiger partial charge in [0.05, 0.1) is 6.10 Å². The number of hydrogen-bond donors (Lipinski definition) is 2. The van der Waals surface area contributed by atoms with Gasteiger partial charge in [-0.1, -0.05) is 6.07 Å². The first kappa shape index (κ1) is 12.4. The summed E-state index contributed by atoms with van der Waals surface area (Å²) >= 11 is 0. The minimum Gasteiger partial charge on any atom is -0.488 e. The zero-order valence-electron chi connectivity index (χ0n) is 10.8. The van der Waals surface area contributed by atoms with Gasteiger partial charge in [-0.3, -0.25) is 0 Å². The summed E-state index contributed by atoms with van der Waals surface area (Å²) < 4.78 is 5.92. The highest BCUT2D eigenvalue weighted by Crippen LogP contribution is 2.34. The minimum absolute atomic E-state index is 0.0713. The van der Waals surface area contributed by atoms with Gasteiger partial charge in [0.25, 0.3) is 0 Å². The Morgan fingerprint density at radius 1 is 1.47 bits per heavy atom. The van der Waals surface area contributed by atoms with Crippen LogP contribution in [0.2, 0.25) is 0 Å². The van der Waals surface area contributed by atoms with E-state index in [4.69, 9.17) is 4.74 Å². The van der Waals surface area contributed by atoms with Gasteiger partial charge in [-0.2, -0.15) is 0 Å². The molecule has 0 saturated heterocycles. The van der Waals surface area contributed by atoms with Crippen molar-refractivity contribution in [3.8, 4) is 5.75 Å². The Hall–Kier alpha value is -1.06. The molecule has 0 amide bonds. The average Bonchev–Trinajstić information content (AvgIpc) is 2.27. The molecule has 1 aromatic carbocycles. The smallest absolute Gasteiger partial charge is 0.123 e. The Bertz CT molecular complexity index is 401. The van der Waals surface area contributed by atoms with Crippen molar-refractivity contribution in [2.24, 2.45) is 0 Å². The highest BCUT2D eigenvalue weighted by atomic mass is 16.5. The first-order valence-corrected chi connectivity index (χ1v) is 6.16. The molecule has 3 heteroatoms. The molecule has 2 N–H and O–H groups in total. The number of nitrogens with one attached hydrogen (secondary N) is 1. The molecular formula is C14H21NO2. The van der Waals surface area contributed by atoms with E-state index in [-0.39, 0.29) is 5.60 Å². The standard InChI is InChI=1S/C14H21NO2/c1-14(2)7-6-11-8-10(12(16)9-15-3)4-5-13(11)17-14/h4-5,8,12,15-16H,6-7,9H2,1-3H3. The number of aliphatic hydroxyl groups is 1. The van der Waals surface area contributed by atoms with Crippen molar-refractivity contribution in [3.05, 3.63) is 29.3 Å². The molecule has 1 atom stereocenters. The molecule has 0 fully saturated rings. The fourth-order valence-corrected chi connectivity index (χ4v) is 2.20. The van der Waals surface area contributed by atoms with Crippen LogP contribution in [0.1, 0.15) is 37.5 Å². The Morgan fingerprint density at radius 3 is 2.94 bits per heavy atom. The monoisotopic (exact) mass is 235 g/mol. The van der Waals surface area contributed by atoms with Crippen LogP contribution in [0.4, 0.5) is 0 Å². The van der Waals surface area contributed by atoms with Crippen molar-refractivity contribution >= 4 is 0 Å². The molecule has 1 aliphatic rings. The lowest BCUT2D eigenvalue weighted by Gasteiger charge is -2.33. The predicted molar refractivity (Wildman–Crippen MR) is 68.4 cm³/mol. The van der Waals surface area contributed by atoms with E-state index in [0.29, 0.717) is 6.54 Å². The van der Waals surface area contributed by atoms with E-state index < -0.39 is 6.10 Å². The Balaban J connectivity index is 2.21. The third-order valence-electron chi connectivity index (χ3n) is 3.25. The van der Waals surface area contributed by atoms with Crippen molar-refractivity contribution in [2.75, 3.05) is 13.6 Å².